The zero-order chi connectivity index (χ0) is 46.7. The standard InChI is InChI=1S/C51H69N3O10/c1-29-24-36-43(53-23-10-9-19-51(61)22-18-38-35-15-14-33-27-34(55)16-20-49(33,5)37(35)17-21-50(38,51)6)40(56)28-39(45(36)58)54-47(59)30(2)12-11-13-41(62-7)46(64-48(52)60)32(4)26-31(3)44(57)42(25-29)63-8/h11-13,26-29,31,35,37-38,41-42,44,46,53,57,61H,10,14-18,20-25H2,1-8H3,(H2,52,60)(H,54,59)/b13-11-,30-12+,32-26+/t29-,31+,35?,37?,38?,41-,42+,44-,46+,49+,50+,51+/m1/s1. The van der Waals surface area contributed by atoms with E-state index in [4.69, 9.17) is 19.9 Å². The Morgan fingerprint density at radius 2 is 1.73 bits per heavy atom. The highest BCUT2D eigenvalue weighted by Crippen LogP contribution is 2.67. The van der Waals surface area contributed by atoms with Crippen molar-refractivity contribution in [3.63, 3.8) is 0 Å². The summed E-state index contributed by atoms with van der Waals surface area (Å²) in [5, 5.41) is 29.6. The third-order valence-corrected chi connectivity index (χ3v) is 15.8. The molecular weight excluding hydrogens is 815 g/mol. The van der Waals surface area contributed by atoms with Crippen LogP contribution in [0.4, 0.5) is 4.79 Å². The summed E-state index contributed by atoms with van der Waals surface area (Å²) < 4.78 is 16.8. The van der Waals surface area contributed by atoms with Crippen LogP contribution in [0.1, 0.15) is 112 Å². The number of methoxy groups -OCH3 is 2. The zero-order valence-corrected chi connectivity index (χ0v) is 38.9. The number of ether oxygens (including phenoxy) is 3. The molecule has 0 spiro atoms. The van der Waals surface area contributed by atoms with E-state index in [9.17, 15) is 34.2 Å². The molecule has 5 aliphatic carbocycles. The van der Waals surface area contributed by atoms with E-state index in [1.807, 2.05) is 19.9 Å². The van der Waals surface area contributed by atoms with Crippen LogP contribution in [0.2, 0.25) is 0 Å². The maximum Gasteiger partial charge on any atom is 0.405 e. The molecule has 1 aliphatic heterocycles. The van der Waals surface area contributed by atoms with Crippen molar-refractivity contribution in [1.29, 1.82) is 0 Å². The van der Waals surface area contributed by atoms with E-state index in [0.29, 0.717) is 49.0 Å². The van der Waals surface area contributed by atoms with Gasteiger partial charge in [0.05, 0.1) is 23.6 Å². The van der Waals surface area contributed by atoms with Gasteiger partial charge in [-0.1, -0.05) is 69.4 Å². The molecule has 0 aromatic carbocycles. The number of amides is 2. The zero-order valence-electron chi connectivity index (χ0n) is 38.9. The Bertz CT molecular complexity index is 2140. The van der Waals surface area contributed by atoms with Crippen LogP contribution in [-0.4, -0.2) is 90.3 Å². The maximum absolute atomic E-state index is 14.2. The molecule has 13 nitrogen and oxygen atoms in total. The van der Waals surface area contributed by atoms with E-state index in [1.54, 1.807) is 32.1 Å². The highest BCUT2D eigenvalue weighted by Gasteiger charge is 2.63. The average molecular weight is 884 g/mol. The Balaban J connectivity index is 1.21. The molecule has 3 fully saturated rings. The van der Waals surface area contributed by atoms with Crippen LogP contribution in [0, 0.1) is 52.3 Å². The Morgan fingerprint density at radius 3 is 2.44 bits per heavy atom. The number of carbonyl (C=O) groups is 5. The van der Waals surface area contributed by atoms with Crippen LogP contribution in [0.15, 0.2) is 70.1 Å². The third-order valence-electron chi connectivity index (χ3n) is 15.8. The summed E-state index contributed by atoms with van der Waals surface area (Å²) in [5.41, 5.74) is 6.27. The number of nitrogens with one attached hydrogen (secondary N) is 2. The molecule has 12 atom stereocenters. The number of hydrogen-bond donors (Lipinski definition) is 5. The Morgan fingerprint density at radius 1 is 1.00 bits per heavy atom. The van der Waals surface area contributed by atoms with Gasteiger partial charge in [0.2, 0.25) is 11.6 Å². The Hall–Kier alpha value is -4.61. The number of primary amides is 1. The summed E-state index contributed by atoms with van der Waals surface area (Å²) in [4.78, 5) is 65.7. The lowest BCUT2D eigenvalue weighted by atomic mass is 9.46. The van der Waals surface area contributed by atoms with E-state index < -0.39 is 59.5 Å². The highest BCUT2D eigenvalue weighted by atomic mass is 16.6. The summed E-state index contributed by atoms with van der Waals surface area (Å²) in [5.74, 6) is 5.78. The third kappa shape index (κ3) is 9.81. The largest absolute Gasteiger partial charge is 0.439 e. The Kier molecular flexibility index (Phi) is 15.2. The van der Waals surface area contributed by atoms with Crippen molar-refractivity contribution in [2.75, 3.05) is 20.8 Å². The van der Waals surface area contributed by atoms with E-state index >= 15 is 0 Å². The van der Waals surface area contributed by atoms with Crippen molar-refractivity contribution in [1.82, 2.24) is 10.6 Å². The number of aliphatic hydroxyl groups is 2. The predicted octanol–water partition coefficient (Wildman–Crippen LogP) is 6.01. The number of ketones is 3. The summed E-state index contributed by atoms with van der Waals surface area (Å²) in [7, 11) is 2.93. The molecular formula is C51H69N3O10. The molecule has 3 saturated carbocycles. The van der Waals surface area contributed by atoms with Crippen molar-refractivity contribution in [2.24, 2.45) is 46.2 Å². The molecule has 1 heterocycles. The first kappa shape index (κ1) is 48.8. The maximum atomic E-state index is 14.2. The van der Waals surface area contributed by atoms with Gasteiger partial charge in [-0.05, 0) is 112 Å². The molecule has 0 saturated heterocycles. The molecule has 0 aromatic rings. The second kappa shape index (κ2) is 19.9. The first-order chi connectivity index (χ1) is 30.3. The minimum atomic E-state index is -1.15. The predicted molar refractivity (Wildman–Crippen MR) is 242 cm³/mol. The van der Waals surface area contributed by atoms with Crippen LogP contribution in [-0.2, 0) is 33.4 Å². The molecule has 64 heavy (non-hydrogen) atoms. The van der Waals surface area contributed by atoms with Gasteiger partial charge in [0.15, 0.2) is 11.9 Å². The van der Waals surface area contributed by atoms with E-state index in [2.05, 4.69) is 36.3 Å². The molecule has 0 aromatic heterocycles. The minimum absolute atomic E-state index is 0.0481. The van der Waals surface area contributed by atoms with Gasteiger partial charge in [-0.15, -0.1) is 0 Å². The molecule has 2 bridgehead atoms. The molecule has 2 amide bonds. The Labute approximate surface area is 378 Å². The fourth-order valence-electron chi connectivity index (χ4n) is 12.0. The molecule has 6 N–H and O–H groups in total. The number of allylic oxidation sites excluding steroid dienone is 5. The van der Waals surface area contributed by atoms with Gasteiger partial charge in [-0.2, -0.15) is 0 Å². The van der Waals surface area contributed by atoms with Crippen LogP contribution in [0.25, 0.3) is 0 Å². The normalized spacial score (nSPS) is 39.5. The molecule has 3 unspecified atom stereocenters. The SMILES string of the molecule is CO[C@H]1C[C@H](C)CC2=C(NCCC#C[C@]3(O)CCC4C5CCC6=CC(=O)CC[C@]6(C)C5CC[C@@]43C)C(=O)C=C(NC(=O)/C(C)=C/C=C\[C@@H](OC)[C@@H](OC(N)=O)/C(C)=C/[C@H](C)[C@H]1O)C2=O. The van der Waals surface area contributed by atoms with Crippen molar-refractivity contribution in [3.8, 4) is 11.8 Å². The number of fused-ring (bicyclic) bond motifs is 7. The first-order valence-electron chi connectivity index (χ1n) is 23.0. The molecule has 13 heteroatoms. The lowest BCUT2D eigenvalue weighted by Crippen LogP contribution is -2.54. The number of aliphatic hydroxyl groups excluding tert-OH is 1. The number of Topliss-reactive ketones (excluding diaryl/α,β-unsaturated/α-hetero) is 1. The van der Waals surface area contributed by atoms with Gasteiger partial charge in [0.25, 0.3) is 5.91 Å². The second-order valence-electron chi connectivity index (χ2n) is 19.7. The summed E-state index contributed by atoms with van der Waals surface area (Å²) in [6.45, 7) is 11.8. The van der Waals surface area contributed by atoms with Crippen LogP contribution >= 0.6 is 0 Å². The van der Waals surface area contributed by atoms with Crippen LogP contribution in [0.5, 0.6) is 0 Å². The number of nitrogens with two attached hydrogens (primary N) is 1. The summed E-state index contributed by atoms with van der Waals surface area (Å²) in [6, 6.07) is 0. The minimum Gasteiger partial charge on any atom is -0.439 e. The van der Waals surface area contributed by atoms with Gasteiger partial charge in [-0.25, -0.2) is 4.79 Å². The smallest absolute Gasteiger partial charge is 0.405 e. The number of hydrogen-bond acceptors (Lipinski definition) is 11. The monoisotopic (exact) mass is 883 g/mol. The summed E-state index contributed by atoms with van der Waals surface area (Å²) >= 11 is 0. The van der Waals surface area contributed by atoms with Gasteiger partial charge >= 0.3 is 6.09 Å². The summed E-state index contributed by atoms with van der Waals surface area (Å²) in [6.07, 6.45) is 12.7. The van der Waals surface area contributed by atoms with Crippen LogP contribution < -0.4 is 16.4 Å². The molecule has 6 rings (SSSR count). The second-order valence-corrected chi connectivity index (χ2v) is 19.7. The highest BCUT2D eigenvalue weighted by molar-refractivity contribution is 6.23. The van der Waals surface area contributed by atoms with Crippen molar-refractivity contribution in [3.05, 3.63) is 70.1 Å². The van der Waals surface area contributed by atoms with Gasteiger partial charge in [0.1, 0.15) is 11.7 Å². The molecule has 348 valence electrons. The average Bonchev–Trinajstić information content (AvgIpc) is 3.52. The number of carbonyl (C=O) groups excluding carboxylic acids is 5. The van der Waals surface area contributed by atoms with E-state index in [1.165, 1.54) is 25.9 Å². The lowest BCUT2D eigenvalue weighted by Gasteiger charge is -2.58. The quantitative estimate of drug-likeness (QED) is 0.0905. The first-order valence-corrected chi connectivity index (χ1v) is 23.0. The number of rotatable bonds is 6. The van der Waals surface area contributed by atoms with Crippen molar-refractivity contribution in [2.45, 2.75) is 142 Å². The van der Waals surface area contributed by atoms with Crippen LogP contribution in [0.3, 0.4) is 0 Å². The molecule has 0 radical (unpaired) electrons. The van der Waals surface area contributed by atoms with Gasteiger partial charge in [-0.3, -0.25) is 19.2 Å². The van der Waals surface area contributed by atoms with E-state index in [0.717, 1.165) is 44.6 Å². The fraction of sp³-hybridized carbons (Fsp3) is 0.627. The van der Waals surface area contributed by atoms with Crippen molar-refractivity contribution >= 4 is 29.4 Å². The van der Waals surface area contributed by atoms with E-state index in [-0.39, 0.29) is 58.0 Å². The molecule has 6 aliphatic rings. The van der Waals surface area contributed by atoms with Gasteiger partial charge < -0.3 is 40.8 Å². The van der Waals surface area contributed by atoms with Crippen molar-refractivity contribution < 1.29 is 48.4 Å². The fourth-order valence-corrected chi connectivity index (χ4v) is 12.0. The van der Waals surface area contributed by atoms with Gasteiger partial charge in [0, 0.05) is 62.2 Å². The lowest BCUT2D eigenvalue weighted by molar-refractivity contribution is -0.120. The topological polar surface area (TPSA) is 204 Å².